The molecule has 6 heteroatoms. The van der Waals surface area contributed by atoms with Crippen LogP contribution < -0.4 is 0 Å². The normalized spacial score (nSPS) is 19.0. The topological polar surface area (TPSA) is 92.2 Å². The summed E-state index contributed by atoms with van der Waals surface area (Å²) in [5.41, 5.74) is 2.74. The number of aryl methyl sites for hydroxylation is 1. The SMILES string of the molecule is CCCC1(C(=O)OCC)OCCc2c1[nH]c1c(C)c(C=O)cc(C#N)c21. The number of aromatic amines is 1. The van der Waals surface area contributed by atoms with Gasteiger partial charge in [0.15, 0.2) is 0 Å². The summed E-state index contributed by atoms with van der Waals surface area (Å²) in [5, 5.41) is 10.4. The van der Waals surface area contributed by atoms with Gasteiger partial charge in [-0.15, -0.1) is 0 Å². The van der Waals surface area contributed by atoms with Gasteiger partial charge < -0.3 is 14.5 Å². The third kappa shape index (κ3) is 2.51. The van der Waals surface area contributed by atoms with Gasteiger partial charge in [-0.1, -0.05) is 13.3 Å². The fourth-order valence-corrected chi connectivity index (χ4v) is 3.86. The molecule has 3 rings (SSSR count). The number of hydrogen-bond acceptors (Lipinski definition) is 5. The molecule has 1 aliphatic heterocycles. The third-order valence-electron chi connectivity index (χ3n) is 5.04. The molecule has 0 bridgehead atoms. The molecule has 0 spiro atoms. The molecule has 0 saturated heterocycles. The van der Waals surface area contributed by atoms with Crippen molar-refractivity contribution in [2.24, 2.45) is 0 Å². The highest BCUT2D eigenvalue weighted by Gasteiger charge is 2.48. The number of hydrogen-bond donors (Lipinski definition) is 1. The van der Waals surface area contributed by atoms with Crippen molar-refractivity contribution >= 4 is 23.2 Å². The second kappa shape index (κ2) is 6.93. The van der Waals surface area contributed by atoms with Crippen LogP contribution in [0.4, 0.5) is 0 Å². The van der Waals surface area contributed by atoms with Crippen molar-refractivity contribution in [1.82, 2.24) is 4.98 Å². The van der Waals surface area contributed by atoms with E-state index in [1.807, 2.05) is 13.8 Å². The summed E-state index contributed by atoms with van der Waals surface area (Å²) in [6.45, 7) is 6.22. The number of benzene rings is 1. The van der Waals surface area contributed by atoms with E-state index in [4.69, 9.17) is 9.47 Å². The van der Waals surface area contributed by atoms with Crippen LogP contribution in [0.15, 0.2) is 6.07 Å². The Balaban J connectivity index is 2.36. The van der Waals surface area contributed by atoms with Gasteiger partial charge in [-0.2, -0.15) is 5.26 Å². The second-order valence-electron chi connectivity index (χ2n) is 6.49. The number of esters is 1. The lowest BCUT2D eigenvalue weighted by atomic mass is 9.86. The van der Waals surface area contributed by atoms with E-state index in [0.717, 1.165) is 29.2 Å². The highest BCUT2D eigenvalue weighted by molar-refractivity contribution is 5.99. The lowest BCUT2D eigenvalue weighted by Gasteiger charge is -2.35. The highest BCUT2D eigenvalue weighted by atomic mass is 16.6. The van der Waals surface area contributed by atoms with Gasteiger partial charge in [-0.25, -0.2) is 4.79 Å². The number of aromatic nitrogens is 1. The van der Waals surface area contributed by atoms with Crippen LogP contribution in [0.2, 0.25) is 0 Å². The predicted octanol–water partition coefficient (Wildman–Crippen LogP) is 3.29. The average molecular weight is 354 g/mol. The number of aldehydes is 1. The number of nitrogens with one attached hydrogen (secondary N) is 1. The first-order valence-corrected chi connectivity index (χ1v) is 8.89. The summed E-state index contributed by atoms with van der Waals surface area (Å²) < 4.78 is 11.3. The van der Waals surface area contributed by atoms with Crippen molar-refractivity contribution in [1.29, 1.82) is 5.26 Å². The van der Waals surface area contributed by atoms with Gasteiger partial charge in [0, 0.05) is 10.9 Å². The Morgan fingerprint density at radius 2 is 2.27 bits per heavy atom. The van der Waals surface area contributed by atoms with E-state index >= 15 is 0 Å². The molecule has 1 atom stereocenters. The van der Waals surface area contributed by atoms with Gasteiger partial charge in [-0.3, -0.25) is 4.79 Å². The summed E-state index contributed by atoms with van der Waals surface area (Å²) in [7, 11) is 0. The van der Waals surface area contributed by atoms with Crippen molar-refractivity contribution in [2.75, 3.05) is 13.2 Å². The summed E-state index contributed by atoms with van der Waals surface area (Å²) >= 11 is 0. The molecule has 1 N–H and O–H groups in total. The van der Waals surface area contributed by atoms with E-state index in [1.165, 1.54) is 0 Å². The molecule has 0 aliphatic carbocycles. The summed E-state index contributed by atoms with van der Waals surface area (Å²) in [4.78, 5) is 27.5. The van der Waals surface area contributed by atoms with E-state index in [0.29, 0.717) is 41.8 Å². The zero-order valence-corrected chi connectivity index (χ0v) is 15.3. The van der Waals surface area contributed by atoms with E-state index in [1.54, 1.807) is 13.0 Å². The first-order chi connectivity index (χ1) is 12.5. The second-order valence-corrected chi connectivity index (χ2v) is 6.49. The third-order valence-corrected chi connectivity index (χ3v) is 5.04. The molecule has 136 valence electrons. The molecule has 26 heavy (non-hydrogen) atoms. The molecule has 0 amide bonds. The summed E-state index contributed by atoms with van der Waals surface area (Å²) in [6, 6.07) is 3.80. The van der Waals surface area contributed by atoms with E-state index in [-0.39, 0.29) is 6.61 Å². The molecule has 6 nitrogen and oxygen atoms in total. The smallest absolute Gasteiger partial charge is 0.344 e. The minimum absolute atomic E-state index is 0.265. The van der Waals surface area contributed by atoms with Gasteiger partial charge in [0.25, 0.3) is 0 Å². The highest BCUT2D eigenvalue weighted by Crippen LogP contribution is 2.42. The van der Waals surface area contributed by atoms with Crippen molar-refractivity contribution in [3.05, 3.63) is 34.0 Å². The predicted molar refractivity (Wildman–Crippen MR) is 96.0 cm³/mol. The van der Waals surface area contributed by atoms with Gasteiger partial charge in [-0.05, 0) is 43.9 Å². The molecule has 2 aromatic rings. The van der Waals surface area contributed by atoms with Crippen molar-refractivity contribution in [3.8, 4) is 6.07 Å². The number of carbonyl (C=O) groups excluding carboxylic acids is 2. The summed E-state index contributed by atoms with van der Waals surface area (Å²) in [6.07, 6.45) is 2.55. The Bertz CT molecular complexity index is 922. The number of nitrogens with zero attached hydrogens (tertiary/aromatic N) is 1. The maximum absolute atomic E-state index is 12.8. The molecule has 1 aromatic carbocycles. The van der Waals surface area contributed by atoms with Crippen molar-refractivity contribution in [3.63, 3.8) is 0 Å². The average Bonchev–Trinajstić information content (AvgIpc) is 3.04. The van der Waals surface area contributed by atoms with Crippen LogP contribution in [-0.2, 0) is 26.3 Å². The Morgan fingerprint density at radius 3 is 2.88 bits per heavy atom. The fraction of sp³-hybridized carbons (Fsp3) is 0.450. The maximum atomic E-state index is 12.8. The molecular formula is C20H22N2O4. The Labute approximate surface area is 152 Å². The molecule has 0 saturated carbocycles. The Kier molecular flexibility index (Phi) is 4.84. The molecule has 1 unspecified atom stereocenters. The molecule has 1 aliphatic rings. The number of nitriles is 1. The zero-order chi connectivity index (χ0) is 18.9. The maximum Gasteiger partial charge on any atom is 0.344 e. The minimum Gasteiger partial charge on any atom is -0.464 e. The zero-order valence-electron chi connectivity index (χ0n) is 15.3. The van der Waals surface area contributed by atoms with Crippen LogP contribution in [0.1, 0.15) is 59.4 Å². The van der Waals surface area contributed by atoms with Gasteiger partial charge in [0.2, 0.25) is 5.60 Å². The molecule has 0 radical (unpaired) electrons. The number of rotatable bonds is 5. The van der Waals surface area contributed by atoms with Crippen LogP contribution in [0.25, 0.3) is 10.9 Å². The van der Waals surface area contributed by atoms with Crippen molar-refractivity contribution in [2.45, 2.75) is 45.6 Å². The monoisotopic (exact) mass is 354 g/mol. The number of H-pyrrole nitrogens is 1. The van der Waals surface area contributed by atoms with Crippen LogP contribution >= 0.6 is 0 Å². The molecular weight excluding hydrogens is 332 g/mol. The van der Waals surface area contributed by atoms with Gasteiger partial charge in [0.1, 0.15) is 6.29 Å². The van der Waals surface area contributed by atoms with Crippen LogP contribution in [0.5, 0.6) is 0 Å². The standard InChI is InChI=1S/C20H22N2O4/c1-4-7-20(19(24)25-5-2)18-15(6-8-26-20)16-13(10-21)9-14(11-23)12(3)17(16)22-18/h9,11,22H,4-8H2,1-3H3. The molecule has 0 fully saturated rings. The quantitative estimate of drug-likeness (QED) is 0.657. The first kappa shape index (κ1) is 18.2. The first-order valence-electron chi connectivity index (χ1n) is 8.89. The van der Waals surface area contributed by atoms with Crippen molar-refractivity contribution < 1.29 is 19.1 Å². The van der Waals surface area contributed by atoms with Gasteiger partial charge >= 0.3 is 5.97 Å². The molecule has 1 aromatic heterocycles. The Morgan fingerprint density at radius 1 is 1.50 bits per heavy atom. The lowest BCUT2D eigenvalue weighted by Crippen LogP contribution is -2.44. The Hall–Kier alpha value is -2.65. The van der Waals surface area contributed by atoms with Crippen LogP contribution in [0, 0.1) is 18.3 Å². The largest absolute Gasteiger partial charge is 0.464 e. The fourth-order valence-electron chi connectivity index (χ4n) is 3.86. The number of carbonyl (C=O) groups is 2. The summed E-state index contributed by atoms with van der Waals surface area (Å²) in [5.74, 6) is -0.416. The van der Waals surface area contributed by atoms with Gasteiger partial charge in [0.05, 0.1) is 36.1 Å². The van der Waals surface area contributed by atoms with Crippen LogP contribution in [0.3, 0.4) is 0 Å². The molecule has 2 heterocycles. The van der Waals surface area contributed by atoms with E-state index < -0.39 is 11.6 Å². The minimum atomic E-state index is -1.20. The number of ether oxygens (including phenoxy) is 2. The number of fused-ring (bicyclic) bond motifs is 3. The van der Waals surface area contributed by atoms with Crippen LogP contribution in [-0.4, -0.2) is 30.5 Å². The van der Waals surface area contributed by atoms with E-state index in [9.17, 15) is 14.9 Å². The van der Waals surface area contributed by atoms with E-state index in [2.05, 4.69) is 11.1 Å². The lowest BCUT2D eigenvalue weighted by molar-refractivity contribution is -0.178.